The van der Waals surface area contributed by atoms with E-state index in [1.807, 2.05) is 30.4 Å². The van der Waals surface area contributed by atoms with Crippen molar-refractivity contribution in [3.05, 3.63) is 52.6 Å². The first-order chi connectivity index (χ1) is 14.0. The number of amides is 1. The molecule has 0 aromatic carbocycles. The molecule has 2 aliphatic heterocycles. The first kappa shape index (κ1) is 18.3. The van der Waals surface area contributed by atoms with Crippen LogP contribution in [0.25, 0.3) is 5.65 Å². The maximum Gasteiger partial charge on any atom is 0.271 e. The minimum Gasteiger partial charge on any atom is -0.349 e. The van der Waals surface area contributed by atoms with Crippen LogP contribution in [-0.2, 0) is 6.42 Å². The Balaban J connectivity index is 1.70. The third kappa shape index (κ3) is 3.12. The molecule has 2 bridgehead atoms. The number of aromatic nitrogens is 4. The number of hydrogen-bond acceptors (Lipinski definition) is 6. The van der Waals surface area contributed by atoms with Crippen LogP contribution in [0.4, 0.5) is 5.82 Å². The first-order valence-electron chi connectivity index (χ1n) is 9.80. The topological polar surface area (TPSA) is 78.7 Å². The van der Waals surface area contributed by atoms with Crippen LogP contribution in [0, 0.1) is 0 Å². The van der Waals surface area contributed by atoms with Gasteiger partial charge in [0.05, 0.1) is 17.3 Å². The molecule has 1 amide bonds. The van der Waals surface area contributed by atoms with Crippen molar-refractivity contribution in [3.8, 4) is 0 Å². The van der Waals surface area contributed by atoms with Crippen molar-refractivity contribution in [1.29, 1.82) is 0 Å². The molecule has 5 rings (SSSR count). The molecule has 0 aliphatic carbocycles. The quantitative estimate of drug-likeness (QED) is 0.612. The molecule has 8 nitrogen and oxygen atoms in total. The van der Waals surface area contributed by atoms with Crippen LogP contribution < -0.4 is 10.3 Å². The normalized spacial score (nSPS) is 22.6. The molecule has 0 spiro atoms. The molecule has 3 aromatic rings. The Morgan fingerprint density at radius 2 is 2.17 bits per heavy atom. The van der Waals surface area contributed by atoms with Gasteiger partial charge >= 0.3 is 0 Å². The Morgan fingerprint density at radius 1 is 1.31 bits per heavy atom. The first-order valence-corrected chi connectivity index (χ1v) is 10.2. The van der Waals surface area contributed by atoms with E-state index >= 15 is 0 Å². The Bertz CT molecular complexity index is 1100. The summed E-state index contributed by atoms with van der Waals surface area (Å²) < 4.78 is 1.64. The molecular weight excluding hydrogens is 390 g/mol. The molecule has 0 saturated carbocycles. The van der Waals surface area contributed by atoms with Crippen molar-refractivity contribution < 1.29 is 4.79 Å². The van der Waals surface area contributed by atoms with Crippen molar-refractivity contribution in [3.63, 3.8) is 0 Å². The molecule has 9 heteroatoms. The fraction of sp³-hybridized carbons (Fsp3) is 0.400. The maximum atomic E-state index is 12.9. The Kier molecular flexibility index (Phi) is 4.40. The second-order valence-corrected chi connectivity index (χ2v) is 8.19. The summed E-state index contributed by atoms with van der Waals surface area (Å²) in [5, 5.41) is 6.74. The van der Waals surface area contributed by atoms with Crippen molar-refractivity contribution in [2.45, 2.75) is 38.3 Å². The van der Waals surface area contributed by atoms with E-state index in [1.165, 1.54) is 0 Å². The summed E-state index contributed by atoms with van der Waals surface area (Å²) in [5.41, 5.74) is 6.10. The van der Waals surface area contributed by atoms with E-state index in [4.69, 9.17) is 16.6 Å². The van der Waals surface area contributed by atoms with Gasteiger partial charge in [-0.1, -0.05) is 11.6 Å². The highest BCUT2D eigenvalue weighted by atomic mass is 35.5. The molecule has 1 N–H and O–H groups in total. The second-order valence-electron chi connectivity index (χ2n) is 7.76. The summed E-state index contributed by atoms with van der Waals surface area (Å²) in [6, 6.07) is 4.18. The van der Waals surface area contributed by atoms with Gasteiger partial charge in [-0.25, -0.2) is 14.5 Å². The number of nitrogens with zero attached hydrogens (tertiary/aromatic N) is 6. The number of hydrazine groups is 1. The molecule has 150 valence electrons. The highest BCUT2D eigenvalue weighted by molar-refractivity contribution is 6.30. The molecule has 1 fully saturated rings. The summed E-state index contributed by atoms with van der Waals surface area (Å²) in [7, 11) is 1.87. The Hall–Kier alpha value is -2.71. The van der Waals surface area contributed by atoms with E-state index in [2.05, 4.69) is 27.3 Å². The summed E-state index contributed by atoms with van der Waals surface area (Å²) >= 11 is 6.33. The number of carbonyl (C=O) groups is 1. The van der Waals surface area contributed by atoms with E-state index < -0.39 is 0 Å². The van der Waals surface area contributed by atoms with Crippen LogP contribution >= 0.6 is 11.6 Å². The average Bonchev–Trinajstić information content (AvgIpc) is 3.34. The van der Waals surface area contributed by atoms with Crippen LogP contribution in [0.1, 0.15) is 47.4 Å². The number of hydrogen-bond donors (Lipinski definition) is 1. The lowest BCUT2D eigenvalue weighted by Gasteiger charge is -2.29. The Morgan fingerprint density at radius 3 is 3.03 bits per heavy atom. The van der Waals surface area contributed by atoms with Crippen LogP contribution in [0.5, 0.6) is 0 Å². The number of anilines is 1. The average molecular weight is 412 g/mol. The van der Waals surface area contributed by atoms with Gasteiger partial charge in [0.2, 0.25) is 0 Å². The lowest BCUT2D eigenvalue weighted by molar-refractivity contribution is 0.0773. The standard InChI is InChI=1S/C20H22ClN7O/c1-12-8-16-14(9-13(21)10-22-16)17-4-3-6-27(17)18-5-7-28-19(24-18)15(11-23-28)20(29)25-26(12)2/h5,7,9-12,17H,3-4,6,8H2,1-2H3,(H,25,29)/t12-,17+/m0/s1. The number of carbonyl (C=O) groups excluding carboxylic acids is 1. The van der Waals surface area contributed by atoms with Crippen molar-refractivity contribution in [2.75, 3.05) is 18.5 Å². The summed E-state index contributed by atoms with van der Waals surface area (Å²) in [4.78, 5) is 24.6. The molecule has 2 aliphatic rings. The molecule has 29 heavy (non-hydrogen) atoms. The third-order valence-corrected chi connectivity index (χ3v) is 6.11. The molecule has 2 atom stereocenters. The zero-order valence-electron chi connectivity index (χ0n) is 16.3. The van der Waals surface area contributed by atoms with E-state index in [0.29, 0.717) is 22.7 Å². The third-order valence-electron chi connectivity index (χ3n) is 5.90. The lowest BCUT2D eigenvalue weighted by Crippen LogP contribution is -2.45. The second kappa shape index (κ2) is 6.96. The largest absolute Gasteiger partial charge is 0.349 e. The minimum absolute atomic E-state index is 0.0455. The minimum atomic E-state index is -0.222. The van der Waals surface area contributed by atoms with Crippen molar-refractivity contribution in [2.24, 2.45) is 0 Å². The number of pyridine rings is 1. The van der Waals surface area contributed by atoms with E-state index in [-0.39, 0.29) is 18.0 Å². The Labute approximate surface area is 173 Å². The fourth-order valence-corrected chi connectivity index (χ4v) is 4.40. The molecule has 0 unspecified atom stereocenters. The number of likely N-dealkylation sites (N-methyl/N-ethyl adjacent to an activating group) is 1. The predicted octanol–water partition coefficient (Wildman–Crippen LogP) is 2.64. The fourth-order valence-electron chi connectivity index (χ4n) is 4.23. The molecular formula is C20H22ClN7O. The zero-order chi connectivity index (χ0) is 20.1. The molecule has 1 saturated heterocycles. The molecule has 5 heterocycles. The van der Waals surface area contributed by atoms with Gasteiger partial charge in [-0.3, -0.25) is 15.2 Å². The number of rotatable bonds is 0. The number of fused-ring (bicyclic) bond motifs is 5. The SMILES string of the molecule is C[C@H]1Cc2ncc(Cl)cc2[C@H]2CCCN2c2ccn3ncc(c3n2)C(=O)NN1C. The summed E-state index contributed by atoms with van der Waals surface area (Å²) in [5.74, 6) is 0.613. The van der Waals surface area contributed by atoms with Crippen molar-refractivity contribution >= 4 is 29.0 Å². The number of halogens is 1. The van der Waals surface area contributed by atoms with Crippen LogP contribution in [-0.4, -0.2) is 50.1 Å². The smallest absolute Gasteiger partial charge is 0.271 e. The molecule has 3 aromatic heterocycles. The van der Waals surface area contributed by atoms with Gasteiger partial charge in [-0.2, -0.15) is 5.10 Å². The van der Waals surface area contributed by atoms with Gasteiger partial charge in [0.25, 0.3) is 5.91 Å². The van der Waals surface area contributed by atoms with Gasteiger partial charge in [0.1, 0.15) is 11.4 Å². The summed E-state index contributed by atoms with van der Waals surface area (Å²) in [6.07, 6.45) is 7.89. The highest BCUT2D eigenvalue weighted by Gasteiger charge is 2.31. The van der Waals surface area contributed by atoms with E-state index in [9.17, 15) is 4.79 Å². The van der Waals surface area contributed by atoms with Crippen LogP contribution in [0.15, 0.2) is 30.7 Å². The predicted molar refractivity (Wildman–Crippen MR) is 110 cm³/mol. The molecule has 0 radical (unpaired) electrons. The van der Waals surface area contributed by atoms with E-state index in [0.717, 1.165) is 36.5 Å². The lowest BCUT2D eigenvalue weighted by atomic mass is 9.98. The van der Waals surface area contributed by atoms with Gasteiger partial charge in [-0.05, 0) is 37.5 Å². The van der Waals surface area contributed by atoms with Gasteiger partial charge in [-0.15, -0.1) is 0 Å². The number of nitrogens with one attached hydrogen (secondary N) is 1. The van der Waals surface area contributed by atoms with Gasteiger partial charge in [0, 0.05) is 44.1 Å². The van der Waals surface area contributed by atoms with Crippen LogP contribution in [0.3, 0.4) is 0 Å². The summed E-state index contributed by atoms with van der Waals surface area (Å²) in [6.45, 7) is 2.96. The zero-order valence-corrected chi connectivity index (χ0v) is 17.1. The maximum absolute atomic E-state index is 12.9. The van der Waals surface area contributed by atoms with Gasteiger partial charge in [0.15, 0.2) is 5.65 Å². The monoisotopic (exact) mass is 411 g/mol. The van der Waals surface area contributed by atoms with E-state index in [1.54, 1.807) is 16.9 Å². The highest BCUT2D eigenvalue weighted by Crippen LogP contribution is 2.38. The van der Waals surface area contributed by atoms with Crippen molar-refractivity contribution in [1.82, 2.24) is 30.0 Å². The van der Waals surface area contributed by atoms with Crippen LogP contribution in [0.2, 0.25) is 5.02 Å². The van der Waals surface area contributed by atoms with Gasteiger partial charge < -0.3 is 4.90 Å².